The van der Waals surface area contributed by atoms with Gasteiger partial charge in [0, 0.05) is 4.88 Å². The van der Waals surface area contributed by atoms with Crippen molar-refractivity contribution < 1.29 is 5.11 Å². The van der Waals surface area contributed by atoms with Gasteiger partial charge in [-0.05, 0) is 30.2 Å². The zero-order valence-corrected chi connectivity index (χ0v) is 13.1. The van der Waals surface area contributed by atoms with Crippen LogP contribution in [0.1, 0.15) is 17.4 Å². The molecule has 1 N–H and O–H groups in total. The first kappa shape index (κ1) is 14.6. The standard InChI is InChI=1S/C20H16OS/c1-20(21,17-10-6-3-7-11-17)15-14-18-12-13-19(22-18)16-8-4-2-5-9-16/h2-13,21H,1H3. The fourth-order valence-electron chi connectivity index (χ4n) is 2.18. The molecule has 1 nitrogen and oxygen atoms in total. The maximum absolute atomic E-state index is 10.5. The van der Waals surface area contributed by atoms with Crippen molar-refractivity contribution in [2.75, 3.05) is 0 Å². The Bertz CT molecular complexity index is 805. The predicted octanol–water partition coefficient (Wildman–Crippen LogP) is 4.67. The lowest BCUT2D eigenvalue weighted by Gasteiger charge is -2.16. The van der Waals surface area contributed by atoms with E-state index in [9.17, 15) is 5.11 Å². The van der Waals surface area contributed by atoms with Gasteiger partial charge in [0.05, 0.1) is 4.88 Å². The summed E-state index contributed by atoms with van der Waals surface area (Å²) in [4.78, 5) is 2.14. The van der Waals surface area contributed by atoms with Gasteiger partial charge in [0.2, 0.25) is 0 Å². The van der Waals surface area contributed by atoms with Crippen LogP contribution in [0.15, 0.2) is 72.8 Å². The number of hydrogen-bond acceptors (Lipinski definition) is 2. The number of benzene rings is 2. The van der Waals surface area contributed by atoms with E-state index in [0.29, 0.717) is 0 Å². The molecule has 22 heavy (non-hydrogen) atoms. The van der Waals surface area contributed by atoms with Crippen LogP contribution in [-0.2, 0) is 5.60 Å². The van der Waals surface area contributed by atoms with Gasteiger partial charge in [-0.15, -0.1) is 11.3 Å². The summed E-state index contributed by atoms with van der Waals surface area (Å²) < 4.78 is 0. The van der Waals surface area contributed by atoms with Crippen molar-refractivity contribution in [2.45, 2.75) is 12.5 Å². The van der Waals surface area contributed by atoms with Crippen LogP contribution in [0, 0.1) is 11.8 Å². The van der Waals surface area contributed by atoms with Crippen molar-refractivity contribution in [3.8, 4) is 22.3 Å². The van der Waals surface area contributed by atoms with Crippen LogP contribution in [0.4, 0.5) is 0 Å². The van der Waals surface area contributed by atoms with E-state index in [2.05, 4.69) is 30.0 Å². The zero-order chi connectivity index (χ0) is 15.4. The maximum atomic E-state index is 10.5. The largest absolute Gasteiger partial charge is 0.374 e. The second-order valence-corrected chi connectivity index (χ2v) is 6.30. The lowest BCUT2D eigenvalue weighted by molar-refractivity contribution is 0.122. The van der Waals surface area contributed by atoms with E-state index in [1.807, 2.05) is 54.6 Å². The van der Waals surface area contributed by atoms with E-state index in [-0.39, 0.29) is 0 Å². The van der Waals surface area contributed by atoms with Crippen LogP contribution in [0.25, 0.3) is 10.4 Å². The third-order valence-electron chi connectivity index (χ3n) is 3.43. The van der Waals surface area contributed by atoms with E-state index in [1.165, 1.54) is 10.4 Å². The van der Waals surface area contributed by atoms with Gasteiger partial charge in [0.1, 0.15) is 5.60 Å². The first-order valence-electron chi connectivity index (χ1n) is 7.11. The molecule has 3 rings (SSSR count). The topological polar surface area (TPSA) is 20.2 Å². The molecule has 0 bridgehead atoms. The molecule has 0 amide bonds. The first-order chi connectivity index (χ1) is 10.6. The average Bonchev–Trinajstić information content (AvgIpc) is 3.04. The van der Waals surface area contributed by atoms with Gasteiger partial charge in [0.15, 0.2) is 0 Å². The minimum absolute atomic E-state index is 0.808. The normalized spacial score (nSPS) is 13.0. The van der Waals surface area contributed by atoms with Gasteiger partial charge in [-0.1, -0.05) is 72.5 Å². The molecule has 0 aliphatic heterocycles. The summed E-state index contributed by atoms with van der Waals surface area (Å²) in [5, 5.41) is 10.5. The van der Waals surface area contributed by atoms with Gasteiger partial charge < -0.3 is 5.11 Å². The fraction of sp³-hybridized carbons (Fsp3) is 0.100. The van der Waals surface area contributed by atoms with E-state index in [0.717, 1.165) is 10.4 Å². The summed E-state index contributed by atoms with van der Waals surface area (Å²) in [5.41, 5.74) is 0.857. The van der Waals surface area contributed by atoms with Crippen LogP contribution in [-0.4, -0.2) is 5.11 Å². The Hall–Kier alpha value is -2.34. The molecule has 0 fully saturated rings. The summed E-state index contributed by atoms with van der Waals surface area (Å²) in [6.07, 6.45) is 0. The Morgan fingerprint density at radius 2 is 1.50 bits per heavy atom. The average molecular weight is 304 g/mol. The molecule has 0 saturated heterocycles. The Morgan fingerprint density at radius 1 is 0.864 bits per heavy atom. The van der Waals surface area contributed by atoms with E-state index < -0.39 is 5.60 Å². The predicted molar refractivity (Wildman–Crippen MR) is 92.6 cm³/mol. The summed E-state index contributed by atoms with van der Waals surface area (Å²) in [6.45, 7) is 1.72. The third kappa shape index (κ3) is 3.28. The number of hydrogen-bond donors (Lipinski definition) is 1. The maximum Gasteiger partial charge on any atom is 0.148 e. The lowest BCUT2D eigenvalue weighted by atomic mass is 9.97. The highest BCUT2D eigenvalue weighted by atomic mass is 32.1. The van der Waals surface area contributed by atoms with Crippen molar-refractivity contribution in [3.05, 3.63) is 83.2 Å². The third-order valence-corrected chi connectivity index (χ3v) is 4.48. The van der Waals surface area contributed by atoms with Crippen molar-refractivity contribution in [1.82, 2.24) is 0 Å². The van der Waals surface area contributed by atoms with Crippen LogP contribution in [0.2, 0.25) is 0 Å². The second kappa shape index (κ2) is 6.19. The molecular formula is C20H16OS. The summed E-state index contributed by atoms with van der Waals surface area (Å²) >= 11 is 1.64. The lowest BCUT2D eigenvalue weighted by Crippen LogP contribution is -2.18. The van der Waals surface area contributed by atoms with Crippen molar-refractivity contribution in [3.63, 3.8) is 0 Å². The minimum atomic E-state index is -1.14. The highest BCUT2D eigenvalue weighted by molar-refractivity contribution is 7.16. The molecule has 1 heterocycles. The molecule has 3 aromatic rings. The molecular weight excluding hydrogens is 288 g/mol. The van der Waals surface area contributed by atoms with E-state index in [1.54, 1.807) is 18.3 Å². The van der Waals surface area contributed by atoms with Crippen LogP contribution >= 0.6 is 11.3 Å². The van der Waals surface area contributed by atoms with Crippen LogP contribution < -0.4 is 0 Å². The molecule has 0 saturated carbocycles. The smallest absolute Gasteiger partial charge is 0.148 e. The summed E-state index contributed by atoms with van der Waals surface area (Å²) in [7, 11) is 0. The molecule has 2 heteroatoms. The highest BCUT2D eigenvalue weighted by Crippen LogP contribution is 2.27. The van der Waals surface area contributed by atoms with Crippen molar-refractivity contribution >= 4 is 11.3 Å². The molecule has 0 radical (unpaired) electrons. The summed E-state index contributed by atoms with van der Waals surface area (Å²) in [5.74, 6) is 6.06. The monoisotopic (exact) mass is 304 g/mol. The molecule has 0 aliphatic carbocycles. The van der Waals surface area contributed by atoms with Crippen molar-refractivity contribution in [1.29, 1.82) is 0 Å². The summed E-state index contributed by atoms with van der Waals surface area (Å²) in [6, 6.07) is 23.8. The SMILES string of the molecule is CC(O)(C#Cc1ccc(-c2ccccc2)s1)c1ccccc1. The second-order valence-electron chi connectivity index (χ2n) is 5.22. The molecule has 1 aromatic heterocycles. The zero-order valence-electron chi connectivity index (χ0n) is 12.3. The van der Waals surface area contributed by atoms with Gasteiger partial charge in [-0.3, -0.25) is 0 Å². The van der Waals surface area contributed by atoms with Gasteiger partial charge in [-0.25, -0.2) is 0 Å². The van der Waals surface area contributed by atoms with Gasteiger partial charge >= 0.3 is 0 Å². The van der Waals surface area contributed by atoms with E-state index in [4.69, 9.17) is 0 Å². The van der Waals surface area contributed by atoms with Crippen LogP contribution in [0.3, 0.4) is 0 Å². The molecule has 108 valence electrons. The Balaban J connectivity index is 1.85. The fourth-order valence-corrected chi connectivity index (χ4v) is 3.05. The Labute approximate surface area is 134 Å². The van der Waals surface area contributed by atoms with Crippen LogP contribution in [0.5, 0.6) is 0 Å². The Morgan fingerprint density at radius 3 is 2.18 bits per heavy atom. The molecule has 1 unspecified atom stereocenters. The first-order valence-corrected chi connectivity index (χ1v) is 7.93. The number of aliphatic hydroxyl groups is 1. The molecule has 0 aliphatic rings. The molecule has 1 atom stereocenters. The quantitative estimate of drug-likeness (QED) is 0.682. The number of rotatable bonds is 2. The van der Waals surface area contributed by atoms with Gasteiger partial charge in [-0.2, -0.15) is 0 Å². The number of thiophene rings is 1. The van der Waals surface area contributed by atoms with Gasteiger partial charge in [0.25, 0.3) is 0 Å². The molecule has 2 aromatic carbocycles. The minimum Gasteiger partial charge on any atom is -0.374 e. The molecule has 0 spiro atoms. The van der Waals surface area contributed by atoms with E-state index >= 15 is 0 Å². The van der Waals surface area contributed by atoms with Crippen molar-refractivity contribution in [2.24, 2.45) is 0 Å². The Kier molecular flexibility index (Phi) is 4.11. The highest BCUT2D eigenvalue weighted by Gasteiger charge is 2.19.